The van der Waals surface area contributed by atoms with Crippen molar-refractivity contribution < 1.29 is 19.6 Å². The molecule has 90 valence electrons. The van der Waals surface area contributed by atoms with Crippen molar-refractivity contribution >= 4 is 17.9 Å². The summed E-state index contributed by atoms with van der Waals surface area (Å²) in [5.74, 6) is 0.740. The number of carbonyl (C=O) groups excluding carboxylic acids is 1. The van der Waals surface area contributed by atoms with Crippen LogP contribution in [0.2, 0.25) is 0 Å². The molecule has 0 aromatic heterocycles. The average molecular weight is 248 g/mol. The minimum atomic E-state index is -0.658. The molecule has 0 saturated carbocycles. The summed E-state index contributed by atoms with van der Waals surface area (Å²) >= 11 is 1.24. The number of aliphatic hydroxyl groups is 1. The first-order chi connectivity index (χ1) is 7.65. The molecule has 0 radical (unpaired) electrons. The van der Waals surface area contributed by atoms with Crippen LogP contribution in [0.1, 0.15) is 6.42 Å². The third-order valence-corrected chi connectivity index (χ3v) is 2.91. The van der Waals surface area contributed by atoms with E-state index in [9.17, 15) is 14.9 Å². The zero-order valence-corrected chi connectivity index (χ0v) is 9.31. The van der Waals surface area contributed by atoms with E-state index in [0.717, 1.165) is 18.4 Å². The molecule has 1 fully saturated rings. The maximum Gasteiger partial charge on any atom is 0.414 e. The molecule has 16 heavy (non-hydrogen) atoms. The van der Waals surface area contributed by atoms with Crippen LogP contribution in [0, 0.1) is 10.1 Å². The highest BCUT2D eigenvalue weighted by Gasteiger charge is 2.25. The van der Waals surface area contributed by atoms with Gasteiger partial charge in [-0.2, -0.15) is 0 Å². The molecule has 1 saturated heterocycles. The third-order valence-electron chi connectivity index (χ3n) is 1.80. The van der Waals surface area contributed by atoms with E-state index in [4.69, 9.17) is 9.84 Å². The molecule has 0 aliphatic carbocycles. The van der Waals surface area contributed by atoms with Crippen LogP contribution in [-0.4, -0.2) is 46.5 Å². The lowest BCUT2D eigenvalue weighted by Crippen LogP contribution is -2.34. The molecule has 0 atom stereocenters. The van der Waals surface area contributed by atoms with E-state index >= 15 is 0 Å². The Balaban J connectivity index is 2.66. The first-order valence-corrected chi connectivity index (χ1v) is 5.67. The number of rotatable bonds is 3. The predicted molar refractivity (Wildman–Crippen MR) is 57.3 cm³/mol. The van der Waals surface area contributed by atoms with Gasteiger partial charge < -0.3 is 9.84 Å². The average Bonchev–Trinajstić information content (AvgIpc) is 2.26. The van der Waals surface area contributed by atoms with E-state index in [2.05, 4.69) is 0 Å². The van der Waals surface area contributed by atoms with Gasteiger partial charge in [-0.25, -0.2) is 4.79 Å². The molecule has 0 aromatic carbocycles. The first-order valence-electron chi connectivity index (χ1n) is 4.68. The summed E-state index contributed by atoms with van der Waals surface area (Å²) in [6, 6.07) is 0. The molecule has 1 amide bonds. The molecule has 7 nitrogen and oxygen atoms in total. The van der Waals surface area contributed by atoms with Crippen LogP contribution in [0.4, 0.5) is 4.79 Å². The Morgan fingerprint density at radius 3 is 3.12 bits per heavy atom. The second kappa shape index (κ2) is 6.33. The number of thioether (sulfide) groups is 1. The lowest BCUT2D eigenvalue weighted by atomic mass is 10.4. The van der Waals surface area contributed by atoms with Crippen LogP contribution in [0.5, 0.6) is 0 Å². The molecule has 1 aliphatic heterocycles. The molecule has 0 spiro atoms. The lowest BCUT2D eigenvalue weighted by Gasteiger charge is -2.26. The number of amides is 1. The van der Waals surface area contributed by atoms with Gasteiger partial charge in [-0.1, -0.05) is 0 Å². The van der Waals surface area contributed by atoms with Crippen molar-refractivity contribution in [1.82, 2.24) is 4.90 Å². The SMILES string of the molecule is O=C(OCCO)N1CCCSC1=C[N+](=O)[O-]. The van der Waals surface area contributed by atoms with Crippen molar-refractivity contribution in [3.8, 4) is 0 Å². The Morgan fingerprint density at radius 1 is 1.75 bits per heavy atom. The van der Waals surface area contributed by atoms with Crippen LogP contribution < -0.4 is 0 Å². The van der Waals surface area contributed by atoms with E-state index in [0.29, 0.717) is 6.54 Å². The number of carbonyl (C=O) groups is 1. The maximum absolute atomic E-state index is 11.5. The summed E-state index contributed by atoms with van der Waals surface area (Å²) in [4.78, 5) is 22.4. The van der Waals surface area contributed by atoms with Crippen LogP contribution in [0.25, 0.3) is 0 Å². The van der Waals surface area contributed by atoms with Gasteiger partial charge >= 0.3 is 6.09 Å². The standard InChI is InChI=1S/C8H12N2O5S/c11-3-4-15-8(12)9-2-1-5-16-7(9)6-10(13)14/h6,11H,1-5H2. The quantitative estimate of drug-likeness (QED) is 0.581. The lowest BCUT2D eigenvalue weighted by molar-refractivity contribution is -0.403. The predicted octanol–water partition coefficient (Wildman–Crippen LogP) is 0.630. The summed E-state index contributed by atoms with van der Waals surface area (Å²) in [6.45, 7) is 0.0314. The summed E-state index contributed by atoms with van der Waals surface area (Å²) in [6.07, 6.45) is 0.896. The van der Waals surface area contributed by atoms with Crippen molar-refractivity contribution in [3.63, 3.8) is 0 Å². The molecule has 1 heterocycles. The zero-order valence-electron chi connectivity index (χ0n) is 8.50. The van der Waals surface area contributed by atoms with Gasteiger partial charge in [0.25, 0.3) is 6.20 Å². The van der Waals surface area contributed by atoms with Gasteiger partial charge in [0.1, 0.15) is 6.61 Å². The monoisotopic (exact) mass is 248 g/mol. The number of ether oxygens (including phenoxy) is 1. The summed E-state index contributed by atoms with van der Waals surface area (Å²) < 4.78 is 4.70. The van der Waals surface area contributed by atoms with Crippen molar-refractivity contribution in [2.24, 2.45) is 0 Å². The van der Waals surface area contributed by atoms with Gasteiger partial charge in [-0.3, -0.25) is 15.0 Å². The van der Waals surface area contributed by atoms with E-state index in [-0.39, 0.29) is 18.2 Å². The Kier molecular flexibility index (Phi) is 5.06. The normalized spacial score (nSPS) is 18.6. The van der Waals surface area contributed by atoms with E-state index < -0.39 is 11.0 Å². The Bertz CT molecular complexity index is 307. The van der Waals surface area contributed by atoms with Crippen molar-refractivity contribution in [3.05, 3.63) is 21.3 Å². The Morgan fingerprint density at radius 2 is 2.50 bits per heavy atom. The smallest absolute Gasteiger partial charge is 0.414 e. The summed E-state index contributed by atoms with van der Waals surface area (Å²) in [5.41, 5.74) is 0. The Hall–Kier alpha value is -1.28. The molecular weight excluding hydrogens is 236 g/mol. The maximum atomic E-state index is 11.5. The number of hydrogen-bond acceptors (Lipinski definition) is 6. The topological polar surface area (TPSA) is 92.9 Å². The molecule has 1 rings (SSSR count). The minimum absolute atomic E-state index is 0.105. The fraction of sp³-hybridized carbons (Fsp3) is 0.625. The summed E-state index contributed by atoms with van der Waals surface area (Å²) in [5, 5.41) is 19.1. The van der Waals surface area contributed by atoms with Crippen LogP contribution in [-0.2, 0) is 4.74 Å². The van der Waals surface area contributed by atoms with Gasteiger partial charge in [-0.15, -0.1) is 11.8 Å². The van der Waals surface area contributed by atoms with E-state index in [1.807, 2.05) is 0 Å². The second-order valence-corrected chi connectivity index (χ2v) is 4.06. The van der Waals surface area contributed by atoms with Gasteiger partial charge in [0.05, 0.1) is 11.5 Å². The molecule has 1 N–H and O–H groups in total. The van der Waals surface area contributed by atoms with Crippen molar-refractivity contribution in [2.45, 2.75) is 6.42 Å². The van der Waals surface area contributed by atoms with Gasteiger partial charge in [-0.05, 0) is 6.42 Å². The summed E-state index contributed by atoms with van der Waals surface area (Å²) in [7, 11) is 0. The van der Waals surface area contributed by atoms with Crippen LogP contribution in [0.15, 0.2) is 11.2 Å². The Labute approximate surface area is 96.2 Å². The van der Waals surface area contributed by atoms with Crippen LogP contribution >= 0.6 is 11.8 Å². The van der Waals surface area contributed by atoms with Gasteiger partial charge in [0, 0.05) is 12.3 Å². The highest BCUT2D eigenvalue weighted by atomic mass is 32.2. The van der Waals surface area contributed by atoms with Crippen molar-refractivity contribution in [1.29, 1.82) is 0 Å². The zero-order chi connectivity index (χ0) is 12.0. The first kappa shape index (κ1) is 12.8. The molecule has 1 aliphatic rings. The highest BCUT2D eigenvalue weighted by Crippen LogP contribution is 2.27. The fourth-order valence-corrected chi connectivity index (χ4v) is 2.14. The number of aliphatic hydroxyl groups excluding tert-OH is 1. The van der Waals surface area contributed by atoms with E-state index in [1.165, 1.54) is 16.7 Å². The fourth-order valence-electron chi connectivity index (χ4n) is 1.18. The number of hydrogen-bond donors (Lipinski definition) is 1. The molecular formula is C8H12N2O5S. The highest BCUT2D eigenvalue weighted by molar-refractivity contribution is 8.03. The van der Waals surface area contributed by atoms with Gasteiger partial charge in [0.2, 0.25) is 0 Å². The largest absolute Gasteiger partial charge is 0.447 e. The number of nitrogens with zero attached hydrogens (tertiary/aromatic N) is 2. The molecule has 0 aromatic rings. The van der Waals surface area contributed by atoms with Gasteiger partial charge in [0.15, 0.2) is 5.03 Å². The molecule has 8 heteroatoms. The molecule has 0 unspecified atom stereocenters. The second-order valence-electron chi connectivity index (χ2n) is 2.94. The van der Waals surface area contributed by atoms with E-state index in [1.54, 1.807) is 0 Å². The third kappa shape index (κ3) is 3.70. The molecule has 0 bridgehead atoms. The number of nitro groups is 1. The minimum Gasteiger partial charge on any atom is -0.447 e. The van der Waals surface area contributed by atoms with Crippen LogP contribution in [0.3, 0.4) is 0 Å². The van der Waals surface area contributed by atoms with Crippen molar-refractivity contribution in [2.75, 3.05) is 25.5 Å².